The summed E-state index contributed by atoms with van der Waals surface area (Å²) in [6, 6.07) is 10.00. The average molecular weight is 212 g/mol. The molecule has 1 aromatic heterocycles. The summed E-state index contributed by atoms with van der Waals surface area (Å²) in [6.07, 6.45) is 2.78. The topological polar surface area (TPSA) is 48.1 Å². The van der Waals surface area contributed by atoms with Crippen molar-refractivity contribution in [2.24, 2.45) is 0 Å². The van der Waals surface area contributed by atoms with Crippen LogP contribution in [0.1, 0.15) is 5.56 Å². The van der Waals surface area contributed by atoms with Gasteiger partial charge in [0, 0.05) is 23.7 Å². The molecule has 80 valence electrons. The Labute approximate surface area is 93.9 Å². The summed E-state index contributed by atoms with van der Waals surface area (Å²) in [7, 11) is 0. The monoisotopic (exact) mass is 212 g/mol. The second kappa shape index (κ2) is 3.52. The molecule has 0 spiro atoms. The lowest BCUT2D eigenvalue weighted by Gasteiger charge is -2.07. The van der Waals surface area contributed by atoms with E-state index in [4.69, 9.17) is 10.5 Å². The Morgan fingerprint density at radius 3 is 2.94 bits per heavy atom. The van der Waals surface area contributed by atoms with Crippen LogP contribution in [0.3, 0.4) is 0 Å². The van der Waals surface area contributed by atoms with Crippen LogP contribution in [0.2, 0.25) is 0 Å². The standard InChI is InChI=1S/C13H12N2O/c14-12-5-4-10(8-15-12)11-3-1-2-9-6-7-16-13(9)11/h1-5,8H,6-7H2,(H2,14,15). The van der Waals surface area contributed by atoms with E-state index in [2.05, 4.69) is 23.2 Å². The molecule has 0 radical (unpaired) electrons. The van der Waals surface area contributed by atoms with E-state index >= 15 is 0 Å². The molecule has 0 atom stereocenters. The van der Waals surface area contributed by atoms with Crippen molar-refractivity contribution in [3.63, 3.8) is 0 Å². The van der Waals surface area contributed by atoms with Crippen LogP contribution in [0, 0.1) is 0 Å². The number of ether oxygens (including phenoxy) is 1. The molecule has 0 bridgehead atoms. The second-order valence-corrected chi connectivity index (χ2v) is 3.86. The Kier molecular flexibility index (Phi) is 2.03. The van der Waals surface area contributed by atoms with Crippen molar-refractivity contribution in [3.05, 3.63) is 42.1 Å². The highest BCUT2D eigenvalue weighted by atomic mass is 16.5. The molecule has 3 nitrogen and oxygen atoms in total. The van der Waals surface area contributed by atoms with E-state index in [1.54, 1.807) is 6.20 Å². The molecule has 3 rings (SSSR count). The highest BCUT2D eigenvalue weighted by Crippen LogP contribution is 2.36. The molecule has 1 aliphatic rings. The Morgan fingerprint density at radius 1 is 1.19 bits per heavy atom. The van der Waals surface area contributed by atoms with E-state index in [0.29, 0.717) is 5.82 Å². The molecule has 0 fully saturated rings. The number of nitrogen functional groups attached to an aromatic ring is 1. The van der Waals surface area contributed by atoms with Gasteiger partial charge in [-0.05, 0) is 17.7 Å². The first-order valence-electron chi connectivity index (χ1n) is 5.31. The molecule has 2 N–H and O–H groups in total. The lowest BCUT2D eigenvalue weighted by Crippen LogP contribution is -1.91. The van der Waals surface area contributed by atoms with E-state index in [1.807, 2.05) is 12.1 Å². The van der Waals surface area contributed by atoms with E-state index in [0.717, 1.165) is 29.9 Å². The van der Waals surface area contributed by atoms with Gasteiger partial charge in [-0.2, -0.15) is 0 Å². The Morgan fingerprint density at radius 2 is 2.12 bits per heavy atom. The van der Waals surface area contributed by atoms with Gasteiger partial charge in [0.05, 0.1) is 6.61 Å². The number of hydrogen-bond donors (Lipinski definition) is 1. The van der Waals surface area contributed by atoms with Gasteiger partial charge in [0.25, 0.3) is 0 Å². The molecule has 2 heterocycles. The van der Waals surface area contributed by atoms with Gasteiger partial charge in [-0.3, -0.25) is 0 Å². The van der Waals surface area contributed by atoms with Crippen LogP contribution in [0.5, 0.6) is 5.75 Å². The number of fused-ring (bicyclic) bond motifs is 1. The number of nitrogens with zero attached hydrogens (tertiary/aromatic N) is 1. The van der Waals surface area contributed by atoms with Crippen molar-refractivity contribution in [1.29, 1.82) is 0 Å². The third-order valence-electron chi connectivity index (χ3n) is 2.81. The number of anilines is 1. The summed E-state index contributed by atoms with van der Waals surface area (Å²) in [5.74, 6) is 1.53. The molecule has 0 amide bonds. The number of benzene rings is 1. The van der Waals surface area contributed by atoms with Crippen molar-refractivity contribution in [1.82, 2.24) is 4.98 Å². The fraction of sp³-hybridized carbons (Fsp3) is 0.154. The maximum absolute atomic E-state index is 5.66. The number of nitrogens with two attached hydrogens (primary N) is 1. The maximum atomic E-state index is 5.66. The van der Waals surface area contributed by atoms with E-state index < -0.39 is 0 Å². The fourth-order valence-electron chi connectivity index (χ4n) is 2.01. The Bertz CT molecular complexity index is 520. The van der Waals surface area contributed by atoms with Crippen molar-refractivity contribution in [2.75, 3.05) is 12.3 Å². The second-order valence-electron chi connectivity index (χ2n) is 3.86. The minimum Gasteiger partial charge on any atom is -0.492 e. The van der Waals surface area contributed by atoms with Crippen molar-refractivity contribution in [2.45, 2.75) is 6.42 Å². The molecule has 1 aromatic carbocycles. The van der Waals surface area contributed by atoms with Gasteiger partial charge in [-0.15, -0.1) is 0 Å². The quantitative estimate of drug-likeness (QED) is 0.788. The molecular weight excluding hydrogens is 200 g/mol. The molecule has 0 unspecified atom stereocenters. The lowest BCUT2D eigenvalue weighted by atomic mass is 10.0. The number of hydrogen-bond acceptors (Lipinski definition) is 3. The molecular formula is C13H12N2O. The molecule has 1 aliphatic heterocycles. The van der Waals surface area contributed by atoms with Crippen LogP contribution in [-0.2, 0) is 6.42 Å². The van der Waals surface area contributed by atoms with Crippen molar-refractivity contribution >= 4 is 5.82 Å². The first kappa shape index (κ1) is 9.21. The number of para-hydroxylation sites is 1. The Hall–Kier alpha value is -2.03. The van der Waals surface area contributed by atoms with Crippen LogP contribution in [0.15, 0.2) is 36.5 Å². The summed E-state index contributed by atoms with van der Waals surface area (Å²) >= 11 is 0. The van der Waals surface area contributed by atoms with Gasteiger partial charge < -0.3 is 10.5 Å². The third kappa shape index (κ3) is 1.41. The van der Waals surface area contributed by atoms with Gasteiger partial charge >= 0.3 is 0 Å². The molecule has 0 saturated heterocycles. The smallest absolute Gasteiger partial charge is 0.130 e. The molecule has 0 aliphatic carbocycles. The summed E-state index contributed by atoms with van der Waals surface area (Å²) in [4.78, 5) is 4.10. The number of pyridine rings is 1. The first-order valence-corrected chi connectivity index (χ1v) is 5.31. The number of aromatic nitrogens is 1. The van der Waals surface area contributed by atoms with Crippen molar-refractivity contribution < 1.29 is 4.74 Å². The zero-order valence-electron chi connectivity index (χ0n) is 8.81. The van der Waals surface area contributed by atoms with Crippen LogP contribution in [0.25, 0.3) is 11.1 Å². The van der Waals surface area contributed by atoms with Gasteiger partial charge in [-0.1, -0.05) is 18.2 Å². The van der Waals surface area contributed by atoms with Crippen LogP contribution < -0.4 is 10.5 Å². The van der Waals surface area contributed by atoms with E-state index in [9.17, 15) is 0 Å². The van der Waals surface area contributed by atoms with Crippen molar-refractivity contribution in [3.8, 4) is 16.9 Å². The zero-order chi connectivity index (χ0) is 11.0. The third-order valence-corrected chi connectivity index (χ3v) is 2.81. The SMILES string of the molecule is Nc1ccc(-c2cccc3c2OCC3)cn1. The van der Waals surface area contributed by atoms with E-state index in [-0.39, 0.29) is 0 Å². The summed E-state index contributed by atoms with van der Waals surface area (Å²) in [5.41, 5.74) is 9.00. The largest absolute Gasteiger partial charge is 0.492 e. The lowest BCUT2D eigenvalue weighted by molar-refractivity contribution is 0.358. The van der Waals surface area contributed by atoms with E-state index in [1.165, 1.54) is 5.56 Å². The summed E-state index contributed by atoms with van der Waals surface area (Å²) < 4.78 is 5.66. The highest BCUT2D eigenvalue weighted by molar-refractivity contribution is 5.72. The van der Waals surface area contributed by atoms with Gasteiger partial charge in [0.1, 0.15) is 11.6 Å². The van der Waals surface area contributed by atoms with Crippen LogP contribution >= 0.6 is 0 Å². The molecule has 0 saturated carbocycles. The predicted molar refractivity (Wildman–Crippen MR) is 63.3 cm³/mol. The average Bonchev–Trinajstić information content (AvgIpc) is 2.78. The Balaban J connectivity index is 2.13. The molecule has 2 aromatic rings. The predicted octanol–water partition coefficient (Wildman–Crippen LogP) is 2.27. The van der Waals surface area contributed by atoms with Gasteiger partial charge in [-0.25, -0.2) is 4.98 Å². The van der Waals surface area contributed by atoms with Gasteiger partial charge in [0.15, 0.2) is 0 Å². The molecule has 3 heteroatoms. The fourth-order valence-corrected chi connectivity index (χ4v) is 2.01. The number of rotatable bonds is 1. The zero-order valence-corrected chi connectivity index (χ0v) is 8.81. The van der Waals surface area contributed by atoms with Gasteiger partial charge in [0.2, 0.25) is 0 Å². The summed E-state index contributed by atoms with van der Waals surface area (Å²) in [5, 5.41) is 0. The summed E-state index contributed by atoms with van der Waals surface area (Å²) in [6.45, 7) is 0.773. The first-order chi connectivity index (χ1) is 7.84. The highest BCUT2D eigenvalue weighted by Gasteiger charge is 2.16. The van der Waals surface area contributed by atoms with Crippen LogP contribution in [-0.4, -0.2) is 11.6 Å². The minimum absolute atomic E-state index is 0.539. The maximum Gasteiger partial charge on any atom is 0.130 e. The van der Waals surface area contributed by atoms with Crippen LogP contribution in [0.4, 0.5) is 5.82 Å². The normalized spacial score (nSPS) is 13.2. The minimum atomic E-state index is 0.539. The molecule has 16 heavy (non-hydrogen) atoms.